The van der Waals surface area contributed by atoms with Gasteiger partial charge in [-0.05, 0) is 62.7 Å². The first-order chi connectivity index (χ1) is 17.4. The number of carbonyl (C=O) groups is 2. The van der Waals surface area contributed by atoms with Gasteiger partial charge >= 0.3 is 12.1 Å². The lowest BCUT2D eigenvalue weighted by Gasteiger charge is -2.51. The zero-order chi connectivity index (χ0) is 24.9. The Hall–Kier alpha value is -2.32. The summed E-state index contributed by atoms with van der Waals surface area (Å²) in [5.41, 5.74) is 2.77. The van der Waals surface area contributed by atoms with Crippen LogP contribution in [0.15, 0.2) is 24.3 Å². The highest BCUT2D eigenvalue weighted by Gasteiger charge is 2.49. The van der Waals surface area contributed by atoms with E-state index in [1.54, 1.807) is 4.90 Å². The quantitative estimate of drug-likeness (QED) is 0.628. The number of amides is 3. The fourth-order valence-electron chi connectivity index (χ4n) is 7.60. The van der Waals surface area contributed by atoms with Gasteiger partial charge in [0.15, 0.2) is 0 Å². The van der Waals surface area contributed by atoms with Gasteiger partial charge < -0.3 is 29.1 Å². The van der Waals surface area contributed by atoms with Gasteiger partial charge in [-0.15, -0.1) is 0 Å². The van der Waals surface area contributed by atoms with Crippen LogP contribution in [0.5, 0.6) is 0 Å². The molecule has 2 bridgehead atoms. The van der Waals surface area contributed by atoms with Crippen LogP contribution < -0.4 is 0 Å². The monoisotopic (exact) mass is 496 g/mol. The molecule has 0 N–H and O–H groups in total. The molecule has 6 rings (SSSR count). The number of hydrogen-bond acceptors (Lipinski definition) is 5. The third-order valence-electron chi connectivity index (χ3n) is 9.44. The maximum absolute atomic E-state index is 12.9. The smallest absolute Gasteiger partial charge is 0.410 e. The van der Waals surface area contributed by atoms with Crippen molar-refractivity contribution in [2.45, 2.75) is 81.1 Å². The number of hydrogen-bond donors (Lipinski definition) is 0. The van der Waals surface area contributed by atoms with E-state index in [-0.39, 0.29) is 23.6 Å². The average Bonchev–Trinajstić information content (AvgIpc) is 3.49. The van der Waals surface area contributed by atoms with Crippen molar-refractivity contribution in [2.24, 2.45) is 0 Å². The van der Waals surface area contributed by atoms with Crippen LogP contribution >= 0.6 is 0 Å². The molecule has 8 heteroatoms. The first-order valence-corrected chi connectivity index (χ1v) is 13.8. The van der Waals surface area contributed by atoms with Gasteiger partial charge in [0.1, 0.15) is 6.10 Å². The highest BCUT2D eigenvalue weighted by atomic mass is 16.6. The first kappa shape index (κ1) is 24.0. The highest BCUT2D eigenvalue weighted by Crippen LogP contribution is 2.44. The molecule has 8 nitrogen and oxygen atoms in total. The first-order valence-electron chi connectivity index (χ1n) is 13.8. The van der Waals surface area contributed by atoms with Gasteiger partial charge in [0.2, 0.25) is 0 Å². The van der Waals surface area contributed by atoms with Gasteiger partial charge in [-0.25, -0.2) is 9.59 Å². The van der Waals surface area contributed by atoms with Gasteiger partial charge in [0.25, 0.3) is 0 Å². The molecule has 4 saturated heterocycles. The average molecular weight is 497 g/mol. The van der Waals surface area contributed by atoms with Gasteiger partial charge in [-0.3, -0.25) is 0 Å². The van der Waals surface area contributed by atoms with E-state index in [0.717, 1.165) is 64.6 Å². The van der Waals surface area contributed by atoms with Crippen molar-refractivity contribution in [3.8, 4) is 0 Å². The van der Waals surface area contributed by atoms with Crippen LogP contribution in [0.2, 0.25) is 0 Å². The van der Waals surface area contributed by atoms with Crippen molar-refractivity contribution in [3.63, 3.8) is 0 Å². The highest BCUT2D eigenvalue weighted by molar-refractivity contribution is 5.74. The summed E-state index contributed by atoms with van der Waals surface area (Å²) in [5, 5.41) is 0. The van der Waals surface area contributed by atoms with Crippen LogP contribution in [-0.4, -0.2) is 103 Å². The minimum Gasteiger partial charge on any atom is -0.444 e. The molecule has 0 radical (unpaired) electrons. The molecule has 1 aromatic rings. The fraction of sp³-hybridized carbons (Fsp3) is 0.714. The molecule has 2 unspecified atom stereocenters. The Morgan fingerprint density at radius 1 is 1.03 bits per heavy atom. The van der Waals surface area contributed by atoms with Gasteiger partial charge in [0.05, 0.1) is 13.2 Å². The lowest BCUT2D eigenvalue weighted by molar-refractivity contribution is 0.00625. The van der Waals surface area contributed by atoms with Crippen molar-refractivity contribution in [3.05, 3.63) is 35.4 Å². The second-order valence-electron chi connectivity index (χ2n) is 11.8. The van der Waals surface area contributed by atoms with Crippen molar-refractivity contribution in [1.29, 1.82) is 0 Å². The number of urea groups is 1. The minimum absolute atomic E-state index is 0.0316. The third kappa shape index (κ3) is 4.26. The van der Waals surface area contributed by atoms with Crippen LogP contribution in [0.1, 0.15) is 56.1 Å². The van der Waals surface area contributed by atoms with Crippen molar-refractivity contribution in [2.75, 3.05) is 46.9 Å². The molecule has 0 aliphatic carbocycles. The van der Waals surface area contributed by atoms with Crippen LogP contribution in [0.3, 0.4) is 0 Å². The molecule has 3 amide bonds. The number of benzene rings is 1. The van der Waals surface area contributed by atoms with Gasteiger partial charge in [0, 0.05) is 57.1 Å². The molecule has 4 fully saturated rings. The fourth-order valence-corrected chi connectivity index (χ4v) is 7.60. The summed E-state index contributed by atoms with van der Waals surface area (Å²) in [6.45, 7) is 4.82. The maximum atomic E-state index is 12.9. The van der Waals surface area contributed by atoms with E-state index in [1.165, 1.54) is 11.1 Å². The largest absolute Gasteiger partial charge is 0.444 e. The lowest BCUT2D eigenvalue weighted by atomic mass is 9.68. The van der Waals surface area contributed by atoms with Gasteiger partial charge in [-0.1, -0.05) is 24.3 Å². The molecule has 36 heavy (non-hydrogen) atoms. The second-order valence-corrected chi connectivity index (χ2v) is 11.8. The van der Waals surface area contributed by atoms with E-state index < -0.39 is 0 Å². The van der Waals surface area contributed by atoms with Crippen LogP contribution in [0, 0.1) is 0 Å². The number of rotatable bonds is 2. The number of piperidine rings is 2. The van der Waals surface area contributed by atoms with Gasteiger partial charge in [-0.2, -0.15) is 0 Å². The molecule has 0 saturated carbocycles. The Kier molecular flexibility index (Phi) is 6.36. The summed E-state index contributed by atoms with van der Waals surface area (Å²) in [4.78, 5) is 34.3. The van der Waals surface area contributed by atoms with E-state index in [0.29, 0.717) is 37.9 Å². The zero-order valence-electron chi connectivity index (χ0n) is 21.7. The van der Waals surface area contributed by atoms with E-state index in [1.807, 2.05) is 19.0 Å². The maximum Gasteiger partial charge on any atom is 0.410 e. The summed E-state index contributed by atoms with van der Waals surface area (Å²) >= 11 is 0. The lowest BCUT2D eigenvalue weighted by Crippen LogP contribution is -2.58. The van der Waals surface area contributed by atoms with E-state index >= 15 is 0 Å². The van der Waals surface area contributed by atoms with Crippen molar-refractivity contribution >= 4 is 12.1 Å². The molecule has 5 aliphatic rings. The minimum atomic E-state index is -0.126. The summed E-state index contributed by atoms with van der Waals surface area (Å²) < 4.78 is 11.2. The number of likely N-dealkylation sites (tertiary alicyclic amines) is 1. The Balaban J connectivity index is 1.12. The SMILES string of the molecule is CN(C)C(=O)N1Cc2ccccc2C2(CCN(C3CC4CCC(C3)N4C(=O)O[C@H]3CCOC3)CC2)C1. The summed E-state index contributed by atoms with van der Waals surface area (Å²) in [6.07, 6.45) is 7.01. The second kappa shape index (κ2) is 9.53. The molecular formula is C28H40N4O4. The molecule has 5 heterocycles. The Morgan fingerprint density at radius 2 is 1.75 bits per heavy atom. The van der Waals surface area contributed by atoms with E-state index in [4.69, 9.17) is 9.47 Å². The predicted molar refractivity (Wildman–Crippen MR) is 136 cm³/mol. The zero-order valence-corrected chi connectivity index (χ0v) is 21.7. The number of nitrogens with zero attached hydrogens (tertiary/aromatic N) is 4. The topological polar surface area (TPSA) is 65.6 Å². The Labute approximate surface area is 214 Å². The van der Waals surface area contributed by atoms with E-state index in [9.17, 15) is 9.59 Å². The Morgan fingerprint density at radius 3 is 2.42 bits per heavy atom. The predicted octanol–water partition coefficient (Wildman–Crippen LogP) is 3.44. The number of fused-ring (bicyclic) bond motifs is 4. The summed E-state index contributed by atoms with van der Waals surface area (Å²) in [6, 6.07) is 9.96. The summed E-state index contributed by atoms with van der Waals surface area (Å²) in [7, 11) is 3.69. The molecule has 1 aromatic carbocycles. The van der Waals surface area contributed by atoms with Crippen LogP contribution in [0.4, 0.5) is 9.59 Å². The third-order valence-corrected chi connectivity index (χ3v) is 9.44. The van der Waals surface area contributed by atoms with E-state index in [2.05, 4.69) is 34.1 Å². The van der Waals surface area contributed by atoms with Crippen LogP contribution in [0.25, 0.3) is 0 Å². The Bertz CT molecular complexity index is 972. The van der Waals surface area contributed by atoms with Crippen molar-refractivity contribution in [1.82, 2.24) is 19.6 Å². The molecule has 196 valence electrons. The normalized spacial score (nSPS) is 31.4. The van der Waals surface area contributed by atoms with Crippen LogP contribution in [-0.2, 0) is 21.4 Å². The molecule has 5 aliphatic heterocycles. The molecule has 0 aromatic heterocycles. The number of carbonyl (C=O) groups excluding carboxylic acids is 2. The standard InChI is InChI=1S/C28H40N4O4/c1-29(2)26(33)31-17-20-5-3-4-6-25(20)28(19-31)10-12-30(13-11-28)23-15-21-7-8-22(16-23)32(21)27(34)36-24-9-14-35-18-24/h3-6,21-24H,7-19H2,1-2H3/t21?,22?,23?,24-/m0/s1. The molecular weight excluding hydrogens is 456 g/mol. The molecule has 1 spiro atoms. The number of ether oxygens (including phenoxy) is 2. The summed E-state index contributed by atoms with van der Waals surface area (Å²) in [5.74, 6) is 0. The molecule has 3 atom stereocenters. The van der Waals surface area contributed by atoms with Crippen molar-refractivity contribution < 1.29 is 19.1 Å².